The predicted octanol–water partition coefficient (Wildman–Crippen LogP) is 2.80. The van der Waals surface area contributed by atoms with Crippen LogP contribution in [0.1, 0.15) is 23.2 Å². The van der Waals surface area contributed by atoms with Gasteiger partial charge in [-0.25, -0.2) is 18.2 Å². The number of carbonyl (C=O) groups is 1. The molecular weight excluding hydrogens is 268 g/mol. The number of carboxylic acids is 1. The molecule has 3 nitrogen and oxygen atoms in total. The topological polar surface area (TPSA) is 50.2 Å². The third-order valence-electron chi connectivity index (χ3n) is 1.97. The molecule has 0 saturated heterocycles. The van der Waals surface area contributed by atoms with Crippen LogP contribution in [-0.4, -0.2) is 16.1 Å². The van der Waals surface area contributed by atoms with Gasteiger partial charge >= 0.3 is 12.1 Å². The minimum atomic E-state index is -5.23. The molecule has 0 aliphatic carbocycles. The van der Waals surface area contributed by atoms with Gasteiger partial charge in [0.05, 0.1) is 12.0 Å². The molecule has 1 aromatic rings. The number of hydrogen-bond donors (Lipinski definition) is 1. The quantitative estimate of drug-likeness (QED) is 0.861. The molecule has 1 aromatic heterocycles. The van der Waals surface area contributed by atoms with Gasteiger partial charge < -0.3 is 5.11 Å². The second kappa shape index (κ2) is 4.83. The van der Waals surface area contributed by atoms with Crippen LogP contribution in [0.2, 0.25) is 0 Å². The van der Waals surface area contributed by atoms with E-state index in [0.717, 1.165) is 0 Å². The number of carboxylic acid groups (broad SMARTS) is 1. The second-order valence-electron chi connectivity index (χ2n) is 3.23. The number of halogens is 6. The first-order valence-corrected chi connectivity index (χ1v) is 4.39. The molecule has 0 unspecified atom stereocenters. The van der Waals surface area contributed by atoms with Crippen LogP contribution in [0.25, 0.3) is 0 Å². The molecule has 0 aromatic carbocycles. The van der Waals surface area contributed by atoms with Gasteiger partial charge in [0, 0.05) is 6.20 Å². The normalized spacial score (nSPS) is 11.9. The van der Waals surface area contributed by atoms with Gasteiger partial charge in [-0.3, -0.25) is 4.79 Å². The first-order valence-electron chi connectivity index (χ1n) is 4.39. The maximum Gasteiger partial charge on any atom is 0.436 e. The zero-order chi connectivity index (χ0) is 14.1. The third-order valence-corrected chi connectivity index (χ3v) is 1.97. The number of pyridine rings is 1. The Labute approximate surface area is 96.1 Å². The predicted molar refractivity (Wildman–Crippen MR) is 45.5 cm³/mol. The largest absolute Gasteiger partial charge is 0.481 e. The van der Waals surface area contributed by atoms with E-state index in [1.54, 1.807) is 0 Å². The molecular formula is C9H5F6NO2. The Kier molecular flexibility index (Phi) is 3.82. The monoisotopic (exact) mass is 273 g/mol. The molecule has 0 atom stereocenters. The Morgan fingerprint density at radius 2 is 1.94 bits per heavy atom. The lowest BCUT2D eigenvalue weighted by molar-refractivity contribution is -0.143. The first kappa shape index (κ1) is 14.3. The highest BCUT2D eigenvalue weighted by molar-refractivity contribution is 5.70. The fourth-order valence-corrected chi connectivity index (χ4v) is 1.27. The summed E-state index contributed by atoms with van der Waals surface area (Å²) in [5.41, 5.74) is -4.46. The van der Waals surface area contributed by atoms with E-state index in [4.69, 9.17) is 5.11 Å². The van der Waals surface area contributed by atoms with Crippen molar-refractivity contribution >= 4 is 5.97 Å². The smallest absolute Gasteiger partial charge is 0.436 e. The number of alkyl halides is 5. The van der Waals surface area contributed by atoms with E-state index in [0.29, 0.717) is 6.20 Å². The van der Waals surface area contributed by atoms with Crippen LogP contribution >= 0.6 is 0 Å². The summed E-state index contributed by atoms with van der Waals surface area (Å²) in [4.78, 5) is 13.0. The Bertz CT molecular complexity index is 471. The van der Waals surface area contributed by atoms with Crippen molar-refractivity contribution in [3.8, 4) is 0 Å². The summed E-state index contributed by atoms with van der Waals surface area (Å²) in [7, 11) is 0. The molecule has 100 valence electrons. The zero-order valence-electron chi connectivity index (χ0n) is 8.43. The molecule has 0 radical (unpaired) electrons. The average Bonchev–Trinajstić information content (AvgIpc) is 2.13. The van der Waals surface area contributed by atoms with E-state index in [1.165, 1.54) is 0 Å². The lowest BCUT2D eigenvalue weighted by atomic mass is 10.1. The summed E-state index contributed by atoms with van der Waals surface area (Å²) >= 11 is 0. The molecule has 0 spiro atoms. The molecule has 0 aliphatic heterocycles. The number of aromatic nitrogens is 1. The summed E-state index contributed by atoms with van der Waals surface area (Å²) in [5.74, 6) is -3.82. The number of hydrogen-bond acceptors (Lipinski definition) is 2. The van der Waals surface area contributed by atoms with Gasteiger partial charge in [0.2, 0.25) is 0 Å². The molecule has 1 heterocycles. The average molecular weight is 273 g/mol. The maximum absolute atomic E-state index is 13.3. The SMILES string of the molecule is O=C(O)Cc1cnc(C(F)(F)F)c(F)c1C(F)F. The van der Waals surface area contributed by atoms with Crippen LogP contribution in [-0.2, 0) is 17.4 Å². The van der Waals surface area contributed by atoms with Gasteiger partial charge in [-0.05, 0) is 5.56 Å². The lowest BCUT2D eigenvalue weighted by Crippen LogP contribution is -2.16. The summed E-state index contributed by atoms with van der Waals surface area (Å²) < 4.78 is 74.9. The molecule has 0 aliphatic rings. The van der Waals surface area contributed by atoms with Crippen LogP contribution in [0.3, 0.4) is 0 Å². The van der Waals surface area contributed by atoms with Crippen molar-refractivity contribution in [2.75, 3.05) is 0 Å². The second-order valence-corrected chi connectivity index (χ2v) is 3.23. The Morgan fingerprint density at radius 3 is 2.33 bits per heavy atom. The van der Waals surface area contributed by atoms with Crippen molar-refractivity contribution in [3.05, 3.63) is 28.8 Å². The first-order chi connectivity index (χ1) is 8.14. The Balaban J connectivity index is 3.42. The van der Waals surface area contributed by atoms with E-state index >= 15 is 0 Å². The van der Waals surface area contributed by atoms with Gasteiger partial charge in [0.15, 0.2) is 11.5 Å². The minimum Gasteiger partial charge on any atom is -0.481 e. The van der Waals surface area contributed by atoms with Crippen LogP contribution in [0, 0.1) is 5.82 Å². The minimum absolute atomic E-state index is 0.293. The van der Waals surface area contributed by atoms with E-state index in [1.807, 2.05) is 0 Å². The van der Waals surface area contributed by atoms with E-state index in [9.17, 15) is 31.1 Å². The maximum atomic E-state index is 13.3. The van der Waals surface area contributed by atoms with Gasteiger partial charge in [-0.1, -0.05) is 0 Å². The molecule has 18 heavy (non-hydrogen) atoms. The fourth-order valence-electron chi connectivity index (χ4n) is 1.27. The molecule has 1 N–H and O–H groups in total. The number of rotatable bonds is 3. The van der Waals surface area contributed by atoms with Crippen LogP contribution in [0.15, 0.2) is 6.20 Å². The summed E-state index contributed by atoms with van der Waals surface area (Å²) in [6.45, 7) is 0. The van der Waals surface area contributed by atoms with Gasteiger partial charge in [0.1, 0.15) is 0 Å². The Morgan fingerprint density at radius 1 is 1.39 bits per heavy atom. The zero-order valence-corrected chi connectivity index (χ0v) is 8.43. The van der Waals surface area contributed by atoms with Crippen LogP contribution in [0.4, 0.5) is 26.3 Å². The van der Waals surface area contributed by atoms with Gasteiger partial charge in [0.25, 0.3) is 6.43 Å². The standard InChI is InChI=1S/C9H5F6NO2/c10-6-5(8(11)12)3(1-4(17)18)2-16-7(6)9(13,14)15/h2,8H,1H2,(H,17,18). The highest BCUT2D eigenvalue weighted by atomic mass is 19.4. The van der Waals surface area contributed by atoms with Gasteiger partial charge in [-0.15, -0.1) is 0 Å². The van der Waals surface area contributed by atoms with Crippen molar-refractivity contribution in [2.24, 2.45) is 0 Å². The molecule has 9 heteroatoms. The van der Waals surface area contributed by atoms with Crippen molar-refractivity contribution in [2.45, 2.75) is 19.0 Å². The number of aliphatic carboxylic acids is 1. The molecule has 0 saturated carbocycles. The molecule has 1 rings (SSSR count). The lowest BCUT2D eigenvalue weighted by Gasteiger charge is -2.13. The van der Waals surface area contributed by atoms with Crippen LogP contribution in [0.5, 0.6) is 0 Å². The molecule has 0 bridgehead atoms. The van der Waals surface area contributed by atoms with Crippen molar-refractivity contribution in [1.82, 2.24) is 4.98 Å². The fraction of sp³-hybridized carbons (Fsp3) is 0.333. The van der Waals surface area contributed by atoms with Gasteiger partial charge in [-0.2, -0.15) is 13.2 Å². The summed E-state index contributed by atoms with van der Waals surface area (Å²) in [5, 5.41) is 8.38. The van der Waals surface area contributed by atoms with E-state index < -0.39 is 47.6 Å². The summed E-state index contributed by atoms with van der Waals surface area (Å²) in [6, 6.07) is 0. The Hall–Kier alpha value is -1.80. The summed E-state index contributed by atoms with van der Waals surface area (Å²) in [6.07, 6.45) is -9.54. The van der Waals surface area contributed by atoms with Crippen LogP contribution < -0.4 is 0 Å². The van der Waals surface area contributed by atoms with Crippen molar-refractivity contribution in [1.29, 1.82) is 0 Å². The van der Waals surface area contributed by atoms with E-state index in [2.05, 4.69) is 4.98 Å². The van der Waals surface area contributed by atoms with Crippen molar-refractivity contribution < 1.29 is 36.2 Å². The number of nitrogens with zero attached hydrogens (tertiary/aromatic N) is 1. The molecule has 0 amide bonds. The highest BCUT2D eigenvalue weighted by Crippen LogP contribution is 2.35. The third kappa shape index (κ3) is 2.90. The highest BCUT2D eigenvalue weighted by Gasteiger charge is 2.39. The van der Waals surface area contributed by atoms with E-state index in [-0.39, 0.29) is 0 Å². The van der Waals surface area contributed by atoms with Crippen molar-refractivity contribution in [3.63, 3.8) is 0 Å². The molecule has 0 fully saturated rings.